The minimum atomic E-state index is 0.997. The van der Waals surface area contributed by atoms with Crippen LogP contribution in [0.1, 0.15) is 31.9 Å². The summed E-state index contributed by atoms with van der Waals surface area (Å²) in [6, 6.07) is 21.0. The largest absolute Gasteiger partial charge is 0.668 e. The topological polar surface area (TPSA) is 42.3 Å². The number of hydrogen-bond donors (Lipinski definition) is 0. The summed E-state index contributed by atoms with van der Waals surface area (Å²) >= 11 is 2.05. The predicted molar refractivity (Wildman–Crippen MR) is 157 cm³/mol. The molecule has 0 unspecified atom stereocenters. The number of allylic oxidation sites excluding steroid dienone is 7. The minimum absolute atomic E-state index is 0.997. The number of benzene rings is 2. The first kappa shape index (κ1) is 37.5. The van der Waals surface area contributed by atoms with Crippen molar-refractivity contribution in [2.75, 3.05) is 42.3 Å². The Morgan fingerprint density at radius 3 is 1.17 bits per heavy atom. The fraction of sp³-hybridized carbons (Fsp3) is 0.355. The first-order valence-electron chi connectivity index (χ1n) is 11.7. The third-order valence-electron chi connectivity index (χ3n) is 3.52. The maximum atomic E-state index is 3.50. The summed E-state index contributed by atoms with van der Waals surface area (Å²) < 4.78 is 2.10. The van der Waals surface area contributed by atoms with Crippen molar-refractivity contribution in [1.82, 2.24) is 0 Å². The molecule has 0 amide bonds. The van der Waals surface area contributed by atoms with Crippen LogP contribution in [0, 0.1) is 0 Å². The van der Waals surface area contributed by atoms with Crippen molar-refractivity contribution in [3.63, 3.8) is 0 Å². The van der Waals surface area contributed by atoms with Crippen molar-refractivity contribution in [1.29, 1.82) is 0 Å². The standard InChI is InChI=1S/C18H18.C7H11.3C2H6N.Ti/c1(5-11-17-13-7-3-8-14-17)2-6-12-18-15-9-4-10-16-18;1-6(2)5-7(3)4;3*1-3-2;/h1-10,13-16H,11-12H2;1,5H,2-4H3;3*1-2H3;/q;;3*-1;+3. The van der Waals surface area contributed by atoms with Crippen LogP contribution in [-0.4, -0.2) is 42.3 Å². The predicted octanol–water partition coefficient (Wildman–Crippen LogP) is 8.85. The van der Waals surface area contributed by atoms with E-state index in [0.29, 0.717) is 0 Å². The fourth-order valence-corrected chi connectivity index (χ4v) is 2.42. The van der Waals surface area contributed by atoms with Crippen LogP contribution in [0.4, 0.5) is 0 Å². The molecule has 0 aliphatic heterocycles. The van der Waals surface area contributed by atoms with Crippen LogP contribution in [-0.2, 0) is 33.3 Å². The average Bonchev–Trinajstić information content (AvgIpc) is 2.84. The van der Waals surface area contributed by atoms with E-state index in [-0.39, 0.29) is 0 Å². The monoisotopic (exact) mass is 509 g/mol. The smallest absolute Gasteiger partial charge is 0.162 e. The molecule has 0 N–H and O–H groups in total. The quantitative estimate of drug-likeness (QED) is 0.276. The summed E-state index contributed by atoms with van der Waals surface area (Å²) in [6.45, 7) is 6.31. The van der Waals surface area contributed by atoms with E-state index in [2.05, 4.69) is 140 Å². The van der Waals surface area contributed by atoms with Gasteiger partial charge in [-0.2, -0.15) is 42.3 Å². The zero-order chi connectivity index (χ0) is 27.2. The molecule has 2 rings (SSSR count). The molecule has 0 saturated heterocycles. The first-order chi connectivity index (χ1) is 16.9. The normalized spacial score (nSPS) is 9.97. The Labute approximate surface area is 229 Å². The van der Waals surface area contributed by atoms with Crippen LogP contribution in [0.25, 0.3) is 16.0 Å². The molecule has 4 heteroatoms. The third-order valence-corrected chi connectivity index (χ3v) is 4.23. The zero-order valence-corrected chi connectivity index (χ0v) is 25.1. The van der Waals surface area contributed by atoms with Crippen molar-refractivity contribution >= 4 is 0 Å². The van der Waals surface area contributed by atoms with Crippen LogP contribution in [0.5, 0.6) is 0 Å². The van der Waals surface area contributed by atoms with Crippen LogP contribution >= 0.6 is 0 Å². The summed E-state index contributed by atoms with van der Waals surface area (Å²) in [5, 5.41) is 10.5. The van der Waals surface area contributed by atoms with Gasteiger partial charge in [-0.1, -0.05) is 85.0 Å². The molecule has 0 radical (unpaired) electrons. The van der Waals surface area contributed by atoms with Gasteiger partial charge in [-0.05, 0) is 24.0 Å². The molecule has 0 heterocycles. The van der Waals surface area contributed by atoms with Gasteiger partial charge in [0.15, 0.2) is 0 Å². The maximum absolute atomic E-state index is 3.50. The van der Waals surface area contributed by atoms with Gasteiger partial charge in [-0.15, -0.1) is 0 Å². The van der Waals surface area contributed by atoms with Gasteiger partial charge in [-0.3, -0.25) is 0 Å². The summed E-state index contributed by atoms with van der Waals surface area (Å²) in [7, 11) is 10.5. The molecule has 0 aliphatic rings. The SMILES string of the molecule is C(C=CCc1ccccc1)=CCc1ccccc1.CC(C)=CC(C)=[CH][Ti+3].C[N-]C.C[N-]C.C[N-]C. The molecule has 2 aromatic rings. The zero-order valence-electron chi connectivity index (χ0n) is 23.5. The number of nitrogens with zero attached hydrogens (tertiary/aromatic N) is 3. The van der Waals surface area contributed by atoms with E-state index in [1.54, 1.807) is 42.3 Å². The first-order valence-corrected chi connectivity index (χ1v) is 12.6. The van der Waals surface area contributed by atoms with Crippen LogP contribution in [0.2, 0.25) is 0 Å². The molecule has 0 bridgehead atoms. The molecule has 0 aromatic heterocycles. The molecule has 3 nitrogen and oxygen atoms in total. The van der Waals surface area contributed by atoms with Gasteiger partial charge in [0.25, 0.3) is 0 Å². The third kappa shape index (κ3) is 34.2. The van der Waals surface area contributed by atoms with Gasteiger partial charge in [0.2, 0.25) is 0 Å². The van der Waals surface area contributed by atoms with Crippen molar-refractivity contribution in [2.45, 2.75) is 33.6 Å². The van der Waals surface area contributed by atoms with E-state index in [1.807, 2.05) is 12.1 Å². The van der Waals surface area contributed by atoms with E-state index in [1.165, 1.54) is 22.3 Å². The molecule has 2 aromatic carbocycles. The number of rotatable bonds is 6. The Morgan fingerprint density at radius 1 is 0.629 bits per heavy atom. The van der Waals surface area contributed by atoms with Crippen molar-refractivity contribution in [3.8, 4) is 0 Å². The molecule has 0 atom stereocenters. The second kappa shape index (κ2) is 32.0. The molecular formula is C31H47N3Ti. The van der Waals surface area contributed by atoms with Crippen molar-refractivity contribution < 1.29 is 20.4 Å². The average molecular weight is 510 g/mol. The van der Waals surface area contributed by atoms with Gasteiger partial charge in [0.05, 0.1) is 0 Å². The van der Waals surface area contributed by atoms with Crippen molar-refractivity contribution in [2.24, 2.45) is 0 Å². The van der Waals surface area contributed by atoms with Crippen LogP contribution in [0.3, 0.4) is 0 Å². The van der Waals surface area contributed by atoms with E-state index in [4.69, 9.17) is 0 Å². The molecule has 190 valence electrons. The van der Waals surface area contributed by atoms with Gasteiger partial charge in [0.1, 0.15) is 0 Å². The van der Waals surface area contributed by atoms with E-state index >= 15 is 0 Å². The molecule has 35 heavy (non-hydrogen) atoms. The Morgan fingerprint density at radius 2 is 0.943 bits per heavy atom. The Hall–Kier alpha value is -2.01. The number of hydrogen-bond acceptors (Lipinski definition) is 0. The second-order valence-corrected chi connectivity index (χ2v) is 8.14. The van der Waals surface area contributed by atoms with Gasteiger partial charge >= 0.3 is 62.8 Å². The Balaban J connectivity index is -0.000000501. The summed E-state index contributed by atoms with van der Waals surface area (Å²) in [5.74, 6) is 0. The molecule has 0 spiro atoms. The van der Waals surface area contributed by atoms with Crippen LogP contribution < -0.4 is 0 Å². The Bertz CT molecular complexity index is 721. The molecular weight excluding hydrogens is 462 g/mol. The summed E-state index contributed by atoms with van der Waals surface area (Å²) in [5.41, 5.74) is 5.40. The summed E-state index contributed by atoms with van der Waals surface area (Å²) in [6.07, 6.45) is 12.8. The molecule has 0 saturated carbocycles. The van der Waals surface area contributed by atoms with Crippen molar-refractivity contribution in [3.05, 3.63) is 134 Å². The second-order valence-electron chi connectivity index (χ2n) is 7.69. The van der Waals surface area contributed by atoms with Gasteiger partial charge in [-0.25, -0.2) is 0 Å². The fourth-order valence-electron chi connectivity index (χ4n) is 2.29. The van der Waals surface area contributed by atoms with E-state index in [9.17, 15) is 0 Å². The van der Waals surface area contributed by atoms with Gasteiger partial charge < -0.3 is 16.0 Å². The van der Waals surface area contributed by atoms with E-state index < -0.39 is 0 Å². The van der Waals surface area contributed by atoms with Crippen LogP contribution in [0.15, 0.2) is 107 Å². The Kier molecular flexibility index (Phi) is 34.3. The van der Waals surface area contributed by atoms with E-state index in [0.717, 1.165) is 12.8 Å². The molecule has 0 fully saturated rings. The summed E-state index contributed by atoms with van der Waals surface area (Å²) in [4.78, 5) is 0. The molecule has 0 aliphatic carbocycles. The minimum Gasteiger partial charge on any atom is -0.668 e. The van der Waals surface area contributed by atoms with Gasteiger partial charge in [0, 0.05) is 0 Å². The maximum Gasteiger partial charge on any atom is -0.162 e.